The zero-order valence-electron chi connectivity index (χ0n) is 19.8. The Bertz CT molecular complexity index is 449. The lowest BCUT2D eigenvalue weighted by Gasteiger charge is -2.06. The summed E-state index contributed by atoms with van der Waals surface area (Å²) in [7, 11) is 0. The molecule has 6 heteroatoms. The lowest BCUT2D eigenvalue weighted by Crippen LogP contribution is -2.11. The number of esters is 2. The Kier molecular flexibility index (Phi) is 21.9. The Morgan fingerprint density at radius 2 is 0.903 bits per heavy atom. The average Bonchev–Trinajstić information content (AvgIpc) is 2.74. The van der Waals surface area contributed by atoms with Crippen LogP contribution in [0.15, 0.2) is 0 Å². The van der Waals surface area contributed by atoms with Gasteiger partial charge in [-0.15, -0.1) is 0 Å². The van der Waals surface area contributed by atoms with Gasteiger partial charge in [0.2, 0.25) is 0 Å². The number of hydrogen-bond acceptors (Lipinski definition) is 5. The van der Waals surface area contributed by atoms with Gasteiger partial charge in [-0.3, -0.25) is 14.4 Å². The van der Waals surface area contributed by atoms with Crippen molar-refractivity contribution in [3.63, 3.8) is 0 Å². The number of hydrogen-bond donors (Lipinski definition) is 1. The molecule has 0 aliphatic rings. The van der Waals surface area contributed by atoms with E-state index in [1.54, 1.807) is 0 Å². The monoisotopic (exact) mass is 442 g/mol. The number of carboxylic acids is 1. The summed E-state index contributed by atoms with van der Waals surface area (Å²) in [5, 5.41) is 8.47. The van der Waals surface area contributed by atoms with E-state index in [2.05, 4.69) is 6.92 Å². The van der Waals surface area contributed by atoms with Gasteiger partial charge in [0, 0.05) is 12.8 Å². The van der Waals surface area contributed by atoms with Crippen LogP contribution in [0.25, 0.3) is 0 Å². The van der Waals surface area contributed by atoms with Crippen molar-refractivity contribution in [3.8, 4) is 0 Å². The molecule has 0 amide bonds. The molecule has 0 aromatic heterocycles. The molecule has 31 heavy (non-hydrogen) atoms. The summed E-state index contributed by atoms with van der Waals surface area (Å²) in [6.07, 6.45) is 20.0. The van der Waals surface area contributed by atoms with E-state index in [-0.39, 0.29) is 32.0 Å². The predicted molar refractivity (Wildman–Crippen MR) is 123 cm³/mol. The molecule has 0 bridgehead atoms. The van der Waals surface area contributed by atoms with Gasteiger partial charge in [-0.05, 0) is 6.42 Å². The van der Waals surface area contributed by atoms with Gasteiger partial charge in [0.05, 0.1) is 26.1 Å². The van der Waals surface area contributed by atoms with Crippen molar-refractivity contribution in [2.24, 2.45) is 0 Å². The lowest BCUT2D eigenvalue weighted by atomic mass is 10.0. The van der Waals surface area contributed by atoms with Crippen LogP contribution in [0.5, 0.6) is 0 Å². The highest BCUT2D eigenvalue weighted by atomic mass is 16.5. The number of unbranched alkanes of at least 4 members (excludes halogenated alkanes) is 14. The first-order valence-corrected chi connectivity index (χ1v) is 12.6. The van der Waals surface area contributed by atoms with Gasteiger partial charge in [0.25, 0.3) is 0 Å². The van der Waals surface area contributed by atoms with Gasteiger partial charge in [-0.2, -0.15) is 0 Å². The number of carbonyl (C=O) groups is 3. The third kappa shape index (κ3) is 24.6. The molecule has 0 aliphatic carbocycles. The van der Waals surface area contributed by atoms with Crippen molar-refractivity contribution in [1.29, 1.82) is 0 Å². The molecule has 0 unspecified atom stereocenters. The van der Waals surface area contributed by atoms with Crippen LogP contribution in [-0.4, -0.2) is 36.2 Å². The van der Waals surface area contributed by atoms with Crippen LogP contribution in [0.2, 0.25) is 0 Å². The van der Waals surface area contributed by atoms with E-state index in [1.807, 2.05) is 0 Å². The van der Waals surface area contributed by atoms with Crippen molar-refractivity contribution in [1.82, 2.24) is 0 Å². The van der Waals surface area contributed by atoms with Gasteiger partial charge in [-0.25, -0.2) is 0 Å². The highest BCUT2D eigenvalue weighted by Crippen LogP contribution is 2.13. The molecule has 0 aromatic rings. The molecule has 0 saturated heterocycles. The second kappa shape index (κ2) is 23.1. The highest BCUT2D eigenvalue weighted by Gasteiger charge is 2.07. The fourth-order valence-corrected chi connectivity index (χ4v) is 3.42. The number of rotatable bonds is 23. The van der Waals surface area contributed by atoms with Crippen LogP contribution in [0.1, 0.15) is 129 Å². The molecular formula is C25H46O6. The van der Waals surface area contributed by atoms with E-state index in [0.29, 0.717) is 12.8 Å². The van der Waals surface area contributed by atoms with Crippen LogP contribution >= 0.6 is 0 Å². The number of carbonyl (C=O) groups excluding carboxylic acids is 2. The van der Waals surface area contributed by atoms with Crippen LogP contribution in [0.3, 0.4) is 0 Å². The Hall–Kier alpha value is -1.59. The third-order valence-corrected chi connectivity index (χ3v) is 5.34. The average molecular weight is 443 g/mol. The van der Waals surface area contributed by atoms with Crippen molar-refractivity contribution in [2.45, 2.75) is 129 Å². The lowest BCUT2D eigenvalue weighted by molar-refractivity contribution is -0.149. The Morgan fingerprint density at radius 3 is 1.32 bits per heavy atom. The SMILES string of the molecule is CCCCCCCCCCCCCCCCCC(=O)OCCCOC(=O)CCC(=O)O. The third-order valence-electron chi connectivity index (χ3n) is 5.34. The van der Waals surface area contributed by atoms with Gasteiger partial charge in [0.15, 0.2) is 0 Å². The molecule has 182 valence electrons. The maximum Gasteiger partial charge on any atom is 0.306 e. The standard InChI is InChI=1S/C25H46O6/c1-2-3-4-5-6-7-8-9-10-11-12-13-14-15-16-18-24(28)30-21-17-22-31-25(29)20-19-23(26)27/h2-22H2,1H3,(H,26,27). The van der Waals surface area contributed by atoms with Crippen molar-refractivity contribution in [3.05, 3.63) is 0 Å². The fourth-order valence-electron chi connectivity index (χ4n) is 3.42. The number of aliphatic carboxylic acids is 1. The second-order valence-corrected chi connectivity index (χ2v) is 8.39. The van der Waals surface area contributed by atoms with E-state index >= 15 is 0 Å². The predicted octanol–water partition coefficient (Wildman–Crippen LogP) is 6.59. The summed E-state index contributed by atoms with van der Waals surface area (Å²) in [6.45, 7) is 2.63. The first-order valence-electron chi connectivity index (χ1n) is 12.6. The summed E-state index contributed by atoms with van der Waals surface area (Å²) in [5.74, 6) is -1.76. The molecule has 0 radical (unpaired) electrons. The molecule has 0 aromatic carbocycles. The summed E-state index contributed by atoms with van der Waals surface area (Å²) in [6, 6.07) is 0. The normalized spacial score (nSPS) is 10.7. The Labute approximate surface area is 189 Å². The van der Waals surface area contributed by atoms with E-state index in [4.69, 9.17) is 14.6 Å². The van der Waals surface area contributed by atoms with Crippen molar-refractivity contribution >= 4 is 17.9 Å². The minimum absolute atomic E-state index is 0.131. The summed E-state index contributed by atoms with van der Waals surface area (Å²) in [5.41, 5.74) is 0. The van der Waals surface area contributed by atoms with Crippen LogP contribution in [-0.2, 0) is 23.9 Å². The molecule has 6 nitrogen and oxygen atoms in total. The molecule has 0 rings (SSSR count). The maximum atomic E-state index is 11.7. The zero-order valence-corrected chi connectivity index (χ0v) is 19.8. The molecule has 0 atom stereocenters. The van der Waals surface area contributed by atoms with Gasteiger partial charge in [-0.1, -0.05) is 96.8 Å². The van der Waals surface area contributed by atoms with E-state index in [9.17, 15) is 14.4 Å². The highest BCUT2D eigenvalue weighted by molar-refractivity contribution is 5.76. The molecular weight excluding hydrogens is 396 g/mol. The van der Waals surface area contributed by atoms with Crippen molar-refractivity contribution < 1.29 is 29.0 Å². The molecule has 1 N–H and O–H groups in total. The Balaban J connectivity index is 3.24. The maximum absolute atomic E-state index is 11.7. The summed E-state index contributed by atoms with van der Waals surface area (Å²) >= 11 is 0. The van der Waals surface area contributed by atoms with Crippen LogP contribution in [0.4, 0.5) is 0 Å². The van der Waals surface area contributed by atoms with E-state index in [0.717, 1.165) is 12.8 Å². The smallest absolute Gasteiger partial charge is 0.306 e. The van der Waals surface area contributed by atoms with Crippen LogP contribution < -0.4 is 0 Å². The molecule has 0 aliphatic heterocycles. The minimum atomic E-state index is -1.02. The van der Waals surface area contributed by atoms with Gasteiger partial charge < -0.3 is 14.6 Å². The second-order valence-electron chi connectivity index (χ2n) is 8.39. The van der Waals surface area contributed by atoms with Crippen molar-refractivity contribution in [2.75, 3.05) is 13.2 Å². The van der Waals surface area contributed by atoms with E-state index in [1.165, 1.54) is 83.5 Å². The first-order chi connectivity index (χ1) is 15.1. The largest absolute Gasteiger partial charge is 0.481 e. The molecule has 0 heterocycles. The first kappa shape index (κ1) is 29.4. The summed E-state index contributed by atoms with van der Waals surface area (Å²) in [4.78, 5) is 33.2. The Morgan fingerprint density at radius 1 is 0.516 bits per heavy atom. The van der Waals surface area contributed by atoms with Gasteiger partial charge in [0.1, 0.15) is 0 Å². The van der Waals surface area contributed by atoms with Crippen LogP contribution in [0, 0.1) is 0 Å². The molecule has 0 fully saturated rings. The quantitative estimate of drug-likeness (QED) is 0.142. The molecule has 0 saturated carbocycles. The number of carboxylic acid groups (broad SMARTS) is 1. The van der Waals surface area contributed by atoms with E-state index < -0.39 is 11.9 Å². The fraction of sp³-hybridized carbons (Fsp3) is 0.880. The summed E-state index contributed by atoms with van der Waals surface area (Å²) < 4.78 is 9.99. The minimum Gasteiger partial charge on any atom is -0.481 e. The topological polar surface area (TPSA) is 89.9 Å². The van der Waals surface area contributed by atoms with Gasteiger partial charge >= 0.3 is 17.9 Å². The zero-order chi connectivity index (χ0) is 23.0. The molecule has 0 spiro atoms. The number of ether oxygens (including phenoxy) is 2.